The fourth-order valence-corrected chi connectivity index (χ4v) is 3.47. The van der Waals surface area contributed by atoms with Crippen LogP contribution in [0.1, 0.15) is 36.5 Å². The Labute approximate surface area is 142 Å². The monoisotopic (exact) mass is 344 g/mol. The zero-order chi connectivity index (χ0) is 17.7. The van der Waals surface area contributed by atoms with E-state index in [1.165, 1.54) is 12.1 Å². The molecule has 0 radical (unpaired) electrons. The second kappa shape index (κ2) is 7.47. The summed E-state index contributed by atoms with van der Waals surface area (Å²) in [4.78, 5) is -0.0229. The molecule has 2 aromatic carbocycles. The van der Waals surface area contributed by atoms with Gasteiger partial charge >= 0.3 is 0 Å². The van der Waals surface area contributed by atoms with Gasteiger partial charge in [-0.15, -0.1) is 0 Å². The number of methoxy groups -OCH3 is 1. The first-order chi connectivity index (χ1) is 11.4. The normalized spacial score (nSPS) is 11.3. The van der Waals surface area contributed by atoms with Gasteiger partial charge in [-0.3, -0.25) is 0 Å². The Hall–Kier alpha value is -2.36. The summed E-state index contributed by atoms with van der Waals surface area (Å²) in [5.74, 6) is 0.990. The zero-order valence-electron chi connectivity index (χ0n) is 13.9. The topological polar surface area (TPSA) is 79.2 Å². The van der Waals surface area contributed by atoms with E-state index in [1.807, 2.05) is 24.3 Å². The SMILES string of the molecule is COc1cc(C(C)C)ccc1CNS(=O)(=O)c1ccccc1C#N. The third-order valence-electron chi connectivity index (χ3n) is 3.73. The highest BCUT2D eigenvalue weighted by atomic mass is 32.2. The van der Waals surface area contributed by atoms with Crippen LogP contribution in [0.3, 0.4) is 0 Å². The van der Waals surface area contributed by atoms with Gasteiger partial charge in [-0.2, -0.15) is 5.26 Å². The molecule has 24 heavy (non-hydrogen) atoms. The average Bonchev–Trinajstić information content (AvgIpc) is 2.59. The molecular weight excluding hydrogens is 324 g/mol. The van der Waals surface area contributed by atoms with Crippen molar-refractivity contribution in [2.75, 3.05) is 7.11 Å². The smallest absolute Gasteiger partial charge is 0.242 e. The minimum atomic E-state index is -3.78. The van der Waals surface area contributed by atoms with E-state index in [0.29, 0.717) is 11.7 Å². The molecule has 0 aromatic heterocycles. The van der Waals surface area contributed by atoms with Gasteiger partial charge in [-0.1, -0.05) is 38.1 Å². The average molecular weight is 344 g/mol. The molecule has 1 N–H and O–H groups in total. The Morgan fingerprint density at radius 1 is 1.21 bits per heavy atom. The lowest BCUT2D eigenvalue weighted by Gasteiger charge is -2.14. The number of hydrogen-bond donors (Lipinski definition) is 1. The number of hydrogen-bond acceptors (Lipinski definition) is 4. The van der Waals surface area contributed by atoms with Crippen molar-refractivity contribution in [3.8, 4) is 11.8 Å². The van der Waals surface area contributed by atoms with E-state index in [4.69, 9.17) is 10.00 Å². The van der Waals surface area contributed by atoms with Crippen molar-refractivity contribution in [2.45, 2.75) is 31.2 Å². The lowest BCUT2D eigenvalue weighted by molar-refractivity contribution is 0.408. The van der Waals surface area contributed by atoms with Crippen LogP contribution >= 0.6 is 0 Å². The lowest BCUT2D eigenvalue weighted by atomic mass is 10.0. The molecule has 0 fully saturated rings. The van der Waals surface area contributed by atoms with E-state index in [9.17, 15) is 8.42 Å². The summed E-state index contributed by atoms with van der Waals surface area (Å²) >= 11 is 0. The Kier molecular flexibility index (Phi) is 5.60. The first-order valence-corrected chi connectivity index (χ1v) is 9.03. The zero-order valence-corrected chi connectivity index (χ0v) is 14.7. The van der Waals surface area contributed by atoms with Crippen LogP contribution in [0.25, 0.3) is 0 Å². The Balaban J connectivity index is 2.26. The summed E-state index contributed by atoms with van der Waals surface area (Å²) in [6.45, 7) is 4.25. The van der Waals surface area contributed by atoms with Gasteiger partial charge < -0.3 is 4.74 Å². The van der Waals surface area contributed by atoms with Crippen LogP contribution in [0.15, 0.2) is 47.4 Å². The summed E-state index contributed by atoms with van der Waals surface area (Å²) in [7, 11) is -2.22. The van der Waals surface area contributed by atoms with E-state index >= 15 is 0 Å². The quantitative estimate of drug-likeness (QED) is 0.873. The third kappa shape index (κ3) is 3.94. The Morgan fingerprint density at radius 2 is 1.92 bits per heavy atom. The number of rotatable bonds is 6. The maximum absolute atomic E-state index is 12.5. The number of nitrogens with zero attached hydrogens (tertiary/aromatic N) is 1. The highest BCUT2D eigenvalue weighted by molar-refractivity contribution is 7.89. The van der Waals surface area contributed by atoms with Gasteiger partial charge in [-0.25, -0.2) is 13.1 Å². The lowest BCUT2D eigenvalue weighted by Crippen LogP contribution is -2.24. The van der Waals surface area contributed by atoms with Crippen molar-refractivity contribution < 1.29 is 13.2 Å². The van der Waals surface area contributed by atoms with Crippen molar-refractivity contribution in [1.82, 2.24) is 4.72 Å². The molecule has 0 heterocycles. The molecule has 0 bridgehead atoms. The van der Waals surface area contributed by atoms with Gasteiger partial charge in [0.15, 0.2) is 0 Å². The van der Waals surface area contributed by atoms with Gasteiger partial charge in [0.1, 0.15) is 11.8 Å². The van der Waals surface area contributed by atoms with Crippen molar-refractivity contribution >= 4 is 10.0 Å². The van der Waals surface area contributed by atoms with Gasteiger partial charge in [0.25, 0.3) is 0 Å². The van der Waals surface area contributed by atoms with E-state index < -0.39 is 10.0 Å². The highest BCUT2D eigenvalue weighted by Crippen LogP contribution is 2.25. The molecule has 0 aliphatic heterocycles. The van der Waals surface area contributed by atoms with Crippen molar-refractivity contribution in [3.63, 3.8) is 0 Å². The van der Waals surface area contributed by atoms with Crippen molar-refractivity contribution in [1.29, 1.82) is 5.26 Å². The number of benzene rings is 2. The van der Waals surface area contributed by atoms with E-state index in [0.717, 1.165) is 11.1 Å². The first-order valence-electron chi connectivity index (χ1n) is 7.54. The number of sulfonamides is 1. The molecule has 0 aliphatic rings. The molecule has 0 unspecified atom stereocenters. The summed E-state index contributed by atoms with van der Waals surface area (Å²) in [6, 6.07) is 13.7. The number of nitrogens with one attached hydrogen (secondary N) is 1. The maximum Gasteiger partial charge on any atom is 0.242 e. The summed E-state index contributed by atoms with van der Waals surface area (Å²) in [6.07, 6.45) is 0. The van der Waals surface area contributed by atoms with Crippen molar-refractivity contribution in [3.05, 3.63) is 59.2 Å². The van der Waals surface area contributed by atoms with E-state index in [1.54, 1.807) is 19.2 Å². The first kappa shape index (κ1) is 18.0. The van der Waals surface area contributed by atoms with Crippen molar-refractivity contribution in [2.24, 2.45) is 0 Å². The molecule has 0 aliphatic carbocycles. The molecule has 6 heteroatoms. The molecule has 0 saturated carbocycles. The molecule has 0 spiro atoms. The fourth-order valence-electron chi connectivity index (χ4n) is 2.31. The fraction of sp³-hybridized carbons (Fsp3) is 0.278. The van der Waals surface area contributed by atoms with Crippen LogP contribution in [-0.2, 0) is 16.6 Å². The maximum atomic E-state index is 12.5. The number of nitriles is 1. The van der Waals surface area contributed by atoms with Crippen LogP contribution in [0.4, 0.5) is 0 Å². The summed E-state index contributed by atoms with van der Waals surface area (Å²) in [5, 5.41) is 9.07. The molecule has 0 saturated heterocycles. The molecule has 126 valence electrons. The largest absolute Gasteiger partial charge is 0.496 e. The van der Waals surface area contributed by atoms with E-state index in [2.05, 4.69) is 18.6 Å². The molecular formula is C18H20N2O3S. The van der Waals surface area contributed by atoms with E-state index in [-0.39, 0.29) is 17.0 Å². The predicted molar refractivity (Wildman–Crippen MR) is 92.3 cm³/mol. The highest BCUT2D eigenvalue weighted by Gasteiger charge is 2.18. The van der Waals surface area contributed by atoms with Crippen LogP contribution in [0.5, 0.6) is 5.75 Å². The van der Waals surface area contributed by atoms with Crippen LogP contribution in [0.2, 0.25) is 0 Å². The Bertz CT molecular complexity index is 868. The van der Waals surface area contributed by atoms with Gasteiger partial charge in [0.2, 0.25) is 10.0 Å². The Morgan fingerprint density at radius 3 is 2.54 bits per heavy atom. The second-order valence-corrected chi connectivity index (χ2v) is 7.39. The molecule has 0 atom stereocenters. The summed E-state index contributed by atoms with van der Waals surface area (Å²) in [5.41, 5.74) is 1.97. The second-order valence-electron chi connectivity index (χ2n) is 5.66. The molecule has 2 rings (SSSR count). The van der Waals surface area contributed by atoms with Crippen LogP contribution in [0, 0.1) is 11.3 Å². The van der Waals surface area contributed by atoms with Crippen LogP contribution in [-0.4, -0.2) is 15.5 Å². The molecule has 5 nitrogen and oxygen atoms in total. The minimum Gasteiger partial charge on any atom is -0.496 e. The molecule has 0 amide bonds. The summed E-state index contributed by atoms with van der Waals surface area (Å²) < 4.78 is 32.8. The predicted octanol–water partition coefficient (Wildman–Crippen LogP) is 3.17. The number of ether oxygens (including phenoxy) is 1. The molecule has 2 aromatic rings. The third-order valence-corrected chi connectivity index (χ3v) is 5.19. The van der Waals surface area contributed by atoms with Gasteiger partial charge in [-0.05, 0) is 29.7 Å². The van der Waals surface area contributed by atoms with Gasteiger partial charge in [0, 0.05) is 12.1 Å². The minimum absolute atomic E-state index is 0.0229. The van der Waals surface area contributed by atoms with Crippen LogP contribution < -0.4 is 9.46 Å². The standard InChI is InChI=1S/C18H20N2O3S/c1-13(2)14-8-9-16(17(10-14)23-3)12-20-24(21,22)18-7-5-4-6-15(18)11-19/h4-10,13,20H,12H2,1-3H3. The van der Waals surface area contributed by atoms with Gasteiger partial charge in [0.05, 0.1) is 17.6 Å².